The largest absolute Gasteiger partial charge is 0.376 e. The van der Waals surface area contributed by atoms with Gasteiger partial charge in [0.2, 0.25) is 0 Å². The summed E-state index contributed by atoms with van der Waals surface area (Å²) in [5, 5.41) is 3.67. The van der Waals surface area contributed by atoms with Crippen molar-refractivity contribution in [3.05, 3.63) is 0 Å². The monoisotopic (exact) mass is 269 g/mol. The molecule has 2 rings (SSSR count). The number of rotatable bonds is 7. The lowest BCUT2D eigenvalue weighted by Gasteiger charge is -2.58. The van der Waals surface area contributed by atoms with Gasteiger partial charge in [0.1, 0.15) is 0 Å². The fraction of sp³-hybridized carbons (Fsp3) is 1.00. The van der Waals surface area contributed by atoms with Crippen LogP contribution in [0.1, 0.15) is 59.3 Å². The van der Waals surface area contributed by atoms with E-state index in [0.717, 1.165) is 19.8 Å². The van der Waals surface area contributed by atoms with Crippen LogP contribution in [0.5, 0.6) is 0 Å². The molecule has 0 saturated heterocycles. The van der Waals surface area contributed by atoms with E-state index in [-0.39, 0.29) is 0 Å². The molecule has 0 aromatic rings. The van der Waals surface area contributed by atoms with Gasteiger partial charge in [-0.2, -0.15) is 0 Å². The first kappa shape index (κ1) is 15.3. The second-order valence-corrected chi connectivity index (χ2v) is 6.42. The summed E-state index contributed by atoms with van der Waals surface area (Å²) in [5.74, 6) is 0. The highest BCUT2D eigenvalue weighted by Gasteiger charge is 2.55. The molecule has 1 N–H and O–H groups in total. The normalized spacial score (nSPS) is 29.7. The Hall–Kier alpha value is -0.120. The molecule has 3 nitrogen and oxygen atoms in total. The summed E-state index contributed by atoms with van der Waals surface area (Å²) >= 11 is 0. The van der Waals surface area contributed by atoms with Crippen molar-refractivity contribution >= 4 is 0 Å². The standard InChI is InChI=1S/C16H31NO2/c1-4-17-14-12-15(19-11-10-18-13(2)3)16(14)8-6-5-7-9-16/h13-15,17H,4-12H2,1-3H3. The maximum absolute atomic E-state index is 6.13. The summed E-state index contributed by atoms with van der Waals surface area (Å²) in [6.45, 7) is 8.93. The highest BCUT2D eigenvalue weighted by Crippen LogP contribution is 2.53. The molecule has 2 aliphatic carbocycles. The summed E-state index contributed by atoms with van der Waals surface area (Å²) in [7, 11) is 0. The Labute approximate surface area is 118 Å². The van der Waals surface area contributed by atoms with Gasteiger partial charge in [-0.3, -0.25) is 0 Å². The van der Waals surface area contributed by atoms with Crippen LogP contribution in [0.4, 0.5) is 0 Å². The van der Waals surface area contributed by atoms with Crippen LogP contribution >= 0.6 is 0 Å². The number of hydrogen-bond acceptors (Lipinski definition) is 3. The third-order valence-electron chi connectivity index (χ3n) is 4.87. The molecular formula is C16H31NO2. The topological polar surface area (TPSA) is 30.5 Å². The Kier molecular flexibility index (Phi) is 5.67. The van der Waals surface area contributed by atoms with Gasteiger partial charge in [0.15, 0.2) is 0 Å². The van der Waals surface area contributed by atoms with E-state index in [1.165, 1.54) is 38.5 Å². The number of nitrogens with one attached hydrogen (secondary N) is 1. The second kappa shape index (κ2) is 7.05. The van der Waals surface area contributed by atoms with Crippen molar-refractivity contribution in [3.8, 4) is 0 Å². The lowest BCUT2D eigenvalue weighted by atomic mass is 9.55. The minimum Gasteiger partial charge on any atom is -0.376 e. The van der Waals surface area contributed by atoms with Crippen LogP contribution in [-0.2, 0) is 9.47 Å². The molecule has 112 valence electrons. The van der Waals surface area contributed by atoms with Crippen LogP contribution in [0.3, 0.4) is 0 Å². The third kappa shape index (κ3) is 3.50. The molecule has 0 aromatic heterocycles. The molecule has 0 heterocycles. The quantitative estimate of drug-likeness (QED) is 0.720. The fourth-order valence-electron chi connectivity index (χ4n) is 3.87. The predicted molar refractivity (Wildman–Crippen MR) is 78.4 cm³/mol. The zero-order valence-electron chi connectivity index (χ0n) is 12.9. The highest BCUT2D eigenvalue weighted by atomic mass is 16.5. The molecule has 2 saturated carbocycles. The van der Waals surface area contributed by atoms with Crippen molar-refractivity contribution in [2.24, 2.45) is 5.41 Å². The molecule has 1 spiro atoms. The molecule has 0 bridgehead atoms. The van der Waals surface area contributed by atoms with Crippen LogP contribution in [0, 0.1) is 5.41 Å². The summed E-state index contributed by atoms with van der Waals surface area (Å²) in [4.78, 5) is 0. The molecule has 0 amide bonds. The Morgan fingerprint density at radius 2 is 1.89 bits per heavy atom. The Bertz CT molecular complexity index is 261. The molecule has 2 aliphatic rings. The summed E-state index contributed by atoms with van der Waals surface area (Å²) in [5.41, 5.74) is 0.437. The predicted octanol–water partition coefficient (Wildman–Crippen LogP) is 3.13. The lowest BCUT2D eigenvalue weighted by molar-refractivity contribution is -0.160. The molecule has 3 heteroatoms. The van der Waals surface area contributed by atoms with Gasteiger partial charge in [0.05, 0.1) is 25.4 Å². The lowest BCUT2D eigenvalue weighted by Crippen LogP contribution is -2.64. The van der Waals surface area contributed by atoms with Gasteiger partial charge < -0.3 is 14.8 Å². The van der Waals surface area contributed by atoms with E-state index in [0.29, 0.717) is 23.7 Å². The average Bonchev–Trinajstić information content (AvgIpc) is 2.41. The summed E-state index contributed by atoms with van der Waals surface area (Å²) in [6.07, 6.45) is 8.82. The first-order valence-corrected chi connectivity index (χ1v) is 8.15. The maximum Gasteiger partial charge on any atom is 0.0704 e. The molecule has 0 aromatic carbocycles. The summed E-state index contributed by atoms with van der Waals surface area (Å²) in [6, 6.07) is 0.689. The number of hydrogen-bond donors (Lipinski definition) is 1. The average molecular weight is 269 g/mol. The van der Waals surface area contributed by atoms with Crippen molar-refractivity contribution < 1.29 is 9.47 Å². The molecule has 2 fully saturated rings. The minimum absolute atomic E-state index is 0.308. The van der Waals surface area contributed by atoms with Crippen molar-refractivity contribution in [1.82, 2.24) is 5.32 Å². The molecule has 0 aliphatic heterocycles. The van der Waals surface area contributed by atoms with Crippen molar-refractivity contribution in [1.29, 1.82) is 0 Å². The van der Waals surface area contributed by atoms with Gasteiger partial charge in [-0.15, -0.1) is 0 Å². The van der Waals surface area contributed by atoms with Crippen molar-refractivity contribution in [2.45, 2.75) is 77.5 Å². The smallest absolute Gasteiger partial charge is 0.0704 e. The number of ether oxygens (including phenoxy) is 2. The SMILES string of the molecule is CCNC1CC(OCCOC(C)C)C12CCCCC2. The molecule has 2 atom stereocenters. The molecule has 19 heavy (non-hydrogen) atoms. The Morgan fingerprint density at radius 1 is 1.16 bits per heavy atom. The molecular weight excluding hydrogens is 238 g/mol. The van der Waals surface area contributed by atoms with Gasteiger partial charge in [-0.05, 0) is 39.7 Å². The van der Waals surface area contributed by atoms with Crippen LogP contribution in [0.15, 0.2) is 0 Å². The van der Waals surface area contributed by atoms with Gasteiger partial charge in [0.25, 0.3) is 0 Å². The van der Waals surface area contributed by atoms with Crippen LogP contribution in [-0.4, -0.2) is 38.0 Å². The van der Waals surface area contributed by atoms with E-state index >= 15 is 0 Å². The first-order valence-electron chi connectivity index (χ1n) is 8.15. The zero-order chi connectivity index (χ0) is 13.7. The Balaban J connectivity index is 1.80. The summed E-state index contributed by atoms with van der Waals surface area (Å²) < 4.78 is 11.7. The van der Waals surface area contributed by atoms with E-state index in [4.69, 9.17) is 9.47 Å². The van der Waals surface area contributed by atoms with Crippen molar-refractivity contribution in [3.63, 3.8) is 0 Å². The van der Waals surface area contributed by atoms with Crippen LogP contribution in [0.25, 0.3) is 0 Å². The first-order chi connectivity index (χ1) is 9.19. The Morgan fingerprint density at radius 3 is 2.53 bits per heavy atom. The fourth-order valence-corrected chi connectivity index (χ4v) is 3.87. The van der Waals surface area contributed by atoms with E-state index in [1.807, 2.05) is 0 Å². The molecule has 2 unspecified atom stereocenters. The van der Waals surface area contributed by atoms with E-state index in [1.54, 1.807) is 0 Å². The van der Waals surface area contributed by atoms with E-state index in [2.05, 4.69) is 26.1 Å². The van der Waals surface area contributed by atoms with Gasteiger partial charge >= 0.3 is 0 Å². The van der Waals surface area contributed by atoms with E-state index < -0.39 is 0 Å². The van der Waals surface area contributed by atoms with Crippen LogP contribution in [0.2, 0.25) is 0 Å². The molecule has 0 radical (unpaired) electrons. The maximum atomic E-state index is 6.13. The minimum atomic E-state index is 0.308. The van der Waals surface area contributed by atoms with E-state index in [9.17, 15) is 0 Å². The second-order valence-electron chi connectivity index (χ2n) is 6.42. The van der Waals surface area contributed by atoms with Gasteiger partial charge in [-0.1, -0.05) is 26.2 Å². The highest BCUT2D eigenvalue weighted by molar-refractivity contribution is 5.08. The van der Waals surface area contributed by atoms with Gasteiger partial charge in [0, 0.05) is 11.5 Å². The third-order valence-corrected chi connectivity index (χ3v) is 4.87. The zero-order valence-corrected chi connectivity index (χ0v) is 12.9. The van der Waals surface area contributed by atoms with Crippen molar-refractivity contribution in [2.75, 3.05) is 19.8 Å². The van der Waals surface area contributed by atoms with Gasteiger partial charge in [-0.25, -0.2) is 0 Å². The van der Waals surface area contributed by atoms with Crippen LogP contribution < -0.4 is 5.32 Å².